The molecule has 0 radical (unpaired) electrons. The molecule has 2 N–H and O–H groups in total. The van der Waals surface area contributed by atoms with Gasteiger partial charge >= 0.3 is 6.03 Å². The van der Waals surface area contributed by atoms with Crippen molar-refractivity contribution < 1.29 is 13.6 Å². The van der Waals surface area contributed by atoms with Crippen molar-refractivity contribution in [3.63, 3.8) is 0 Å². The second kappa shape index (κ2) is 6.60. The molecule has 0 aliphatic heterocycles. The summed E-state index contributed by atoms with van der Waals surface area (Å²) >= 11 is 0. The van der Waals surface area contributed by atoms with Crippen LogP contribution in [0.4, 0.5) is 13.6 Å². The van der Waals surface area contributed by atoms with Crippen LogP contribution in [0.3, 0.4) is 0 Å². The summed E-state index contributed by atoms with van der Waals surface area (Å²) in [5, 5.41) is 5.08. The quantitative estimate of drug-likeness (QED) is 0.901. The van der Waals surface area contributed by atoms with E-state index >= 15 is 0 Å². The summed E-state index contributed by atoms with van der Waals surface area (Å²) in [5.41, 5.74) is 0.940. The lowest BCUT2D eigenvalue weighted by Crippen LogP contribution is -2.35. The Labute approximate surface area is 114 Å². The highest BCUT2D eigenvalue weighted by Crippen LogP contribution is 2.03. The lowest BCUT2D eigenvalue weighted by Gasteiger charge is -2.07. The lowest BCUT2D eigenvalue weighted by atomic mass is 10.2. The van der Waals surface area contributed by atoms with Crippen molar-refractivity contribution in [3.8, 4) is 0 Å². The second-order valence-electron chi connectivity index (χ2n) is 4.09. The summed E-state index contributed by atoms with van der Waals surface area (Å²) < 4.78 is 25.9. The van der Waals surface area contributed by atoms with Gasteiger partial charge in [0.1, 0.15) is 11.6 Å². The number of halogens is 2. The van der Waals surface area contributed by atoms with Crippen LogP contribution in [-0.4, -0.2) is 11.0 Å². The van der Waals surface area contributed by atoms with Crippen molar-refractivity contribution in [2.24, 2.45) is 0 Å². The molecule has 0 fully saturated rings. The first kappa shape index (κ1) is 13.9. The van der Waals surface area contributed by atoms with Crippen molar-refractivity contribution in [1.29, 1.82) is 0 Å². The zero-order valence-corrected chi connectivity index (χ0v) is 10.6. The molecule has 6 heteroatoms. The van der Waals surface area contributed by atoms with Crippen molar-refractivity contribution in [3.05, 3.63) is 65.5 Å². The molecule has 1 heterocycles. The standard InChI is InChI=1S/C14H13F2N3O/c15-11-5-3-10(4-6-11)8-18-14(20)19-9-13-12(16)2-1-7-17-13/h1-7H,8-9H2,(H2,18,19,20). The molecular formula is C14H13F2N3O. The topological polar surface area (TPSA) is 54.0 Å². The fraction of sp³-hybridized carbons (Fsp3) is 0.143. The number of urea groups is 1. The average molecular weight is 277 g/mol. The van der Waals surface area contributed by atoms with Crippen molar-refractivity contribution in [2.45, 2.75) is 13.1 Å². The van der Waals surface area contributed by atoms with E-state index in [0.717, 1.165) is 5.56 Å². The highest BCUT2D eigenvalue weighted by Gasteiger charge is 2.05. The van der Waals surface area contributed by atoms with Gasteiger partial charge in [-0.25, -0.2) is 13.6 Å². The Morgan fingerprint density at radius 2 is 1.75 bits per heavy atom. The van der Waals surface area contributed by atoms with Gasteiger partial charge in [-0.2, -0.15) is 0 Å². The molecule has 0 aliphatic rings. The largest absolute Gasteiger partial charge is 0.334 e. The van der Waals surface area contributed by atoms with Crippen LogP contribution in [0.25, 0.3) is 0 Å². The lowest BCUT2D eigenvalue weighted by molar-refractivity contribution is 0.240. The van der Waals surface area contributed by atoms with Gasteiger partial charge in [0.15, 0.2) is 0 Å². The Bertz CT molecular complexity index is 587. The summed E-state index contributed by atoms with van der Waals surface area (Å²) in [6.07, 6.45) is 1.45. The summed E-state index contributed by atoms with van der Waals surface area (Å²) in [7, 11) is 0. The number of nitrogens with one attached hydrogen (secondary N) is 2. The van der Waals surface area contributed by atoms with E-state index in [4.69, 9.17) is 0 Å². The van der Waals surface area contributed by atoms with Crippen LogP contribution in [0.15, 0.2) is 42.6 Å². The normalized spacial score (nSPS) is 10.1. The van der Waals surface area contributed by atoms with Gasteiger partial charge in [-0.05, 0) is 29.8 Å². The maximum atomic E-state index is 13.3. The zero-order valence-electron chi connectivity index (χ0n) is 10.6. The molecule has 0 spiro atoms. The molecule has 104 valence electrons. The van der Waals surface area contributed by atoms with Crippen LogP contribution in [0.1, 0.15) is 11.3 Å². The Morgan fingerprint density at radius 3 is 2.45 bits per heavy atom. The first-order chi connectivity index (χ1) is 9.65. The molecular weight excluding hydrogens is 264 g/mol. The molecule has 0 saturated carbocycles. The predicted octanol–water partition coefficient (Wildman–Crippen LogP) is 2.36. The van der Waals surface area contributed by atoms with E-state index < -0.39 is 11.8 Å². The minimum atomic E-state index is -0.466. The Balaban J connectivity index is 1.78. The van der Waals surface area contributed by atoms with E-state index in [9.17, 15) is 13.6 Å². The van der Waals surface area contributed by atoms with Gasteiger partial charge in [-0.1, -0.05) is 12.1 Å². The second-order valence-corrected chi connectivity index (χ2v) is 4.09. The fourth-order valence-electron chi connectivity index (χ4n) is 1.56. The van der Waals surface area contributed by atoms with E-state index in [2.05, 4.69) is 15.6 Å². The number of rotatable bonds is 4. The molecule has 1 aromatic heterocycles. The Morgan fingerprint density at radius 1 is 1.05 bits per heavy atom. The number of nitrogens with zero attached hydrogens (tertiary/aromatic N) is 1. The van der Waals surface area contributed by atoms with Crippen LogP contribution >= 0.6 is 0 Å². The van der Waals surface area contributed by atoms with Gasteiger partial charge in [0.05, 0.1) is 12.2 Å². The summed E-state index contributed by atoms with van der Waals surface area (Å²) in [6, 6.07) is 8.10. The maximum Gasteiger partial charge on any atom is 0.315 e. The summed E-state index contributed by atoms with van der Waals surface area (Å²) in [6.45, 7) is 0.263. The highest BCUT2D eigenvalue weighted by atomic mass is 19.1. The number of aromatic nitrogens is 1. The molecule has 2 aromatic rings. The van der Waals surface area contributed by atoms with E-state index in [0.29, 0.717) is 0 Å². The number of carbonyl (C=O) groups is 1. The number of hydrogen-bond acceptors (Lipinski definition) is 2. The maximum absolute atomic E-state index is 13.3. The number of hydrogen-bond donors (Lipinski definition) is 2. The smallest absolute Gasteiger partial charge is 0.315 e. The van der Waals surface area contributed by atoms with Gasteiger partial charge < -0.3 is 10.6 Å². The third kappa shape index (κ3) is 4.01. The molecule has 0 unspecified atom stereocenters. The molecule has 0 bridgehead atoms. The van der Waals surface area contributed by atoms with E-state index in [1.54, 1.807) is 12.1 Å². The third-order valence-electron chi connectivity index (χ3n) is 2.62. The minimum Gasteiger partial charge on any atom is -0.334 e. The van der Waals surface area contributed by atoms with Gasteiger partial charge in [0.2, 0.25) is 0 Å². The van der Waals surface area contributed by atoms with Gasteiger partial charge in [-0.15, -0.1) is 0 Å². The molecule has 0 saturated heterocycles. The number of benzene rings is 1. The van der Waals surface area contributed by atoms with Gasteiger partial charge in [0.25, 0.3) is 0 Å². The molecule has 20 heavy (non-hydrogen) atoms. The van der Waals surface area contributed by atoms with E-state index in [1.807, 2.05) is 0 Å². The monoisotopic (exact) mass is 277 g/mol. The van der Waals surface area contributed by atoms with E-state index in [-0.39, 0.29) is 24.6 Å². The predicted molar refractivity (Wildman–Crippen MR) is 69.7 cm³/mol. The first-order valence-electron chi connectivity index (χ1n) is 6.00. The van der Waals surface area contributed by atoms with E-state index in [1.165, 1.54) is 30.5 Å². The minimum absolute atomic E-state index is 0.00191. The van der Waals surface area contributed by atoms with Gasteiger partial charge in [-0.3, -0.25) is 4.98 Å². The first-order valence-corrected chi connectivity index (χ1v) is 6.00. The SMILES string of the molecule is O=C(NCc1ccc(F)cc1)NCc1ncccc1F. The fourth-order valence-corrected chi connectivity index (χ4v) is 1.56. The van der Waals surface area contributed by atoms with Crippen molar-refractivity contribution in [1.82, 2.24) is 15.6 Å². The van der Waals surface area contributed by atoms with Crippen LogP contribution in [-0.2, 0) is 13.1 Å². The number of carbonyl (C=O) groups excluding carboxylic acids is 1. The van der Waals surface area contributed by atoms with Crippen LogP contribution < -0.4 is 10.6 Å². The summed E-state index contributed by atoms with van der Waals surface area (Å²) in [5.74, 6) is -0.796. The molecule has 2 rings (SSSR count). The number of pyridine rings is 1. The molecule has 0 aliphatic carbocycles. The number of amides is 2. The third-order valence-corrected chi connectivity index (χ3v) is 2.62. The Hall–Kier alpha value is -2.50. The van der Waals surface area contributed by atoms with Gasteiger partial charge in [0, 0.05) is 12.7 Å². The van der Waals surface area contributed by atoms with Crippen molar-refractivity contribution >= 4 is 6.03 Å². The summed E-state index contributed by atoms with van der Waals surface area (Å²) in [4.78, 5) is 15.3. The average Bonchev–Trinajstić information content (AvgIpc) is 2.46. The van der Waals surface area contributed by atoms with Crippen molar-refractivity contribution in [2.75, 3.05) is 0 Å². The van der Waals surface area contributed by atoms with Crippen LogP contribution in [0.5, 0.6) is 0 Å². The molecule has 4 nitrogen and oxygen atoms in total. The molecule has 1 aromatic carbocycles. The zero-order chi connectivity index (χ0) is 14.4. The van der Waals surface area contributed by atoms with Crippen LogP contribution in [0, 0.1) is 11.6 Å². The molecule has 0 atom stereocenters. The van der Waals surface area contributed by atoms with Crippen LogP contribution in [0.2, 0.25) is 0 Å². The molecule has 2 amide bonds. The highest BCUT2D eigenvalue weighted by molar-refractivity contribution is 5.73. The Kier molecular flexibility index (Phi) is 4.60.